The fourth-order valence-corrected chi connectivity index (χ4v) is 3.16. The van der Waals surface area contributed by atoms with Crippen molar-refractivity contribution in [3.8, 4) is 10.7 Å². The van der Waals surface area contributed by atoms with Crippen molar-refractivity contribution >= 4 is 35.1 Å². The van der Waals surface area contributed by atoms with E-state index in [1.807, 2.05) is 17.5 Å². The number of aromatic nitrogens is 3. The predicted octanol–water partition coefficient (Wildman–Crippen LogP) is 4.01. The number of anilines is 1. The molecule has 0 unspecified atom stereocenters. The van der Waals surface area contributed by atoms with Gasteiger partial charge in [-0.2, -0.15) is 5.10 Å². The lowest BCUT2D eigenvalue weighted by Crippen LogP contribution is -2.24. The zero-order valence-corrected chi connectivity index (χ0v) is 13.7. The van der Waals surface area contributed by atoms with E-state index in [9.17, 15) is 9.18 Å². The van der Waals surface area contributed by atoms with Crippen molar-refractivity contribution in [3.05, 3.63) is 52.4 Å². The van der Waals surface area contributed by atoms with Gasteiger partial charge in [-0.15, -0.1) is 11.3 Å². The molecule has 8 heteroatoms. The Hall–Kier alpha value is -2.32. The van der Waals surface area contributed by atoms with Gasteiger partial charge in [0.05, 0.1) is 10.6 Å². The molecule has 0 saturated carbocycles. The maximum Gasteiger partial charge on any atom is 0.247 e. The Morgan fingerprint density at radius 2 is 2.17 bits per heavy atom. The Bertz CT molecular complexity index is 885. The van der Waals surface area contributed by atoms with E-state index in [0.717, 1.165) is 4.88 Å². The highest BCUT2D eigenvalue weighted by Crippen LogP contribution is 2.26. The zero-order chi connectivity index (χ0) is 16.4. The van der Waals surface area contributed by atoms with Gasteiger partial charge in [-0.3, -0.25) is 14.5 Å². The Morgan fingerprint density at radius 3 is 2.87 bits per heavy atom. The van der Waals surface area contributed by atoms with Crippen molar-refractivity contribution < 1.29 is 9.18 Å². The lowest BCUT2D eigenvalue weighted by Gasteiger charge is -2.15. The van der Waals surface area contributed by atoms with Crippen LogP contribution in [0.25, 0.3) is 10.7 Å². The molecule has 118 valence electrons. The number of carbonyl (C=O) groups excluding carboxylic acids is 1. The van der Waals surface area contributed by atoms with E-state index in [4.69, 9.17) is 12.2 Å². The topological polar surface area (TPSA) is 62.7 Å². The van der Waals surface area contributed by atoms with Gasteiger partial charge in [-0.1, -0.05) is 18.2 Å². The third kappa shape index (κ3) is 3.08. The Morgan fingerprint density at radius 1 is 1.39 bits per heavy atom. The van der Waals surface area contributed by atoms with Crippen molar-refractivity contribution in [2.24, 2.45) is 0 Å². The number of carbonyl (C=O) groups is 1. The van der Waals surface area contributed by atoms with Crippen molar-refractivity contribution in [1.82, 2.24) is 14.8 Å². The minimum Gasteiger partial charge on any atom is -0.322 e. The fraction of sp³-hybridized carbons (Fsp3) is 0.133. The predicted molar refractivity (Wildman–Crippen MR) is 90.5 cm³/mol. The number of para-hydroxylation sites is 1. The molecule has 0 radical (unpaired) electrons. The number of halogens is 1. The van der Waals surface area contributed by atoms with E-state index >= 15 is 0 Å². The summed E-state index contributed by atoms with van der Waals surface area (Å²) >= 11 is 6.73. The molecule has 3 aromatic rings. The molecular formula is C15H13FN4OS2. The molecule has 0 bridgehead atoms. The second-order valence-electron chi connectivity index (χ2n) is 4.84. The normalized spacial score (nSPS) is 12.1. The maximum atomic E-state index is 13.7. The molecule has 0 aliphatic rings. The summed E-state index contributed by atoms with van der Waals surface area (Å²) in [6, 6.07) is 9.17. The number of rotatable bonds is 4. The van der Waals surface area contributed by atoms with Crippen LogP contribution < -0.4 is 5.32 Å². The summed E-state index contributed by atoms with van der Waals surface area (Å²) in [5.41, 5.74) is 0.136. The van der Waals surface area contributed by atoms with Crippen LogP contribution in [0.1, 0.15) is 13.0 Å². The highest BCUT2D eigenvalue weighted by Gasteiger charge is 2.22. The summed E-state index contributed by atoms with van der Waals surface area (Å²) in [7, 11) is 0. The molecule has 0 saturated heterocycles. The van der Waals surface area contributed by atoms with Gasteiger partial charge in [-0.05, 0) is 42.7 Å². The van der Waals surface area contributed by atoms with Crippen LogP contribution in [-0.2, 0) is 4.79 Å². The number of nitrogens with zero attached hydrogens (tertiary/aromatic N) is 2. The number of H-pyrrole nitrogens is 1. The van der Waals surface area contributed by atoms with Crippen LogP contribution in [0.3, 0.4) is 0 Å². The van der Waals surface area contributed by atoms with Gasteiger partial charge in [0.25, 0.3) is 0 Å². The molecule has 1 atom stereocenters. The van der Waals surface area contributed by atoms with E-state index in [0.29, 0.717) is 10.6 Å². The monoisotopic (exact) mass is 348 g/mol. The van der Waals surface area contributed by atoms with Gasteiger partial charge in [0.2, 0.25) is 5.91 Å². The number of aromatic amines is 1. The molecule has 2 aromatic heterocycles. The summed E-state index contributed by atoms with van der Waals surface area (Å²) in [5.74, 6) is -0.270. The highest BCUT2D eigenvalue weighted by molar-refractivity contribution is 7.71. The Balaban J connectivity index is 1.90. The van der Waals surface area contributed by atoms with Crippen LogP contribution in [0.2, 0.25) is 0 Å². The van der Waals surface area contributed by atoms with Crippen molar-refractivity contribution in [2.75, 3.05) is 5.32 Å². The van der Waals surface area contributed by atoms with Gasteiger partial charge in [0.1, 0.15) is 11.9 Å². The second-order valence-corrected chi connectivity index (χ2v) is 6.18. The van der Waals surface area contributed by atoms with Crippen LogP contribution >= 0.6 is 23.6 Å². The summed E-state index contributed by atoms with van der Waals surface area (Å²) in [4.78, 5) is 13.3. The van der Waals surface area contributed by atoms with Crippen LogP contribution in [0.15, 0.2) is 41.8 Å². The first-order valence-corrected chi connectivity index (χ1v) is 8.13. The molecule has 0 fully saturated rings. The van der Waals surface area contributed by atoms with Gasteiger partial charge < -0.3 is 5.32 Å². The van der Waals surface area contributed by atoms with Crippen LogP contribution in [0.5, 0.6) is 0 Å². The third-order valence-electron chi connectivity index (χ3n) is 3.34. The van der Waals surface area contributed by atoms with Crippen molar-refractivity contribution in [2.45, 2.75) is 13.0 Å². The Kier molecular flexibility index (Phi) is 4.35. The molecule has 5 nitrogen and oxygen atoms in total. The smallest absolute Gasteiger partial charge is 0.247 e. The molecule has 2 N–H and O–H groups in total. The first-order valence-electron chi connectivity index (χ1n) is 6.84. The molecule has 0 aliphatic heterocycles. The molecule has 1 amide bonds. The summed E-state index contributed by atoms with van der Waals surface area (Å²) in [6.07, 6.45) is 0. The molecule has 3 rings (SSSR count). The van der Waals surface area contributed by atoms with Crippen molar-refractivity contribution in [1.29, 1.82) is 0 Å². The lowest BCUT2D eigenvalue weighted by molar-refractivity contribution is -0.118. The lowest BCUT2D eigenvalue weighted by atomic mass is 10.2. The number of amides is 1. The first-order chi connectivity index (χ1) is 11.1. The maximum absolute atomic E-state index is 13.7. The quantitative estimate of drug-likeness (QED) is 0.700. The molecule has 2 heterocycles. The van der Waals surface area contributed by atoms with Crippen LogP contribution in [0, 0.1) is 10.6 Å². The van der Waals surface area contributed by atoms with Gasteiger partial charge in [0, 0.05) is 0 Å². The minimum atomic E-state index is -0.641. The van der Waals surface area contributed by atoms with Crippen molar-refractivity contribution in [3.63, 3.8) is 0 Å². The number of hydrogen-bond acceptors (Lipinski definition) is 4. The molecule has 0 spiro atoms. The van der Waals surface area contributed by atoms with E-state index in [1.165, 1.54) is 23.5 Å². The molecule has 23 heavy (non-hydrogen) atoms. The second kappa shape index (κ2) is 6.43. The molecule has 1 aromatic carbocycles. The van der Waals surface area contributed by atoms with E-state index in [2.05, 4.69) is 15.5 Å². The SMILES string of the molecule is C[C@@H](C(=O)Nc1ccccc1F)n1c(-c2cccs2)n[nH]c1=S. The van der Waals surface area contributed by atoms with Gasteiger partial charge in [-0.25, -0.2) is 4.39 Å². The standard InChI is InChI=1S/C15H13FN4OS2/c1-9(14(21)17-11-6-3-2-5-10(11)16)20-13(18-19-15(20)22)12-7-4-8-23-12/h2-9H,1H3,(H,17,21)(H,19,22)/t9-/m0/s1. The molecule has 0 aliphatic carbocycles. The average Bonchev–Trinajstić information content (AvgIpc) is 3.18. The third-order valence-corrected chi connectivity index (χ3v) is 4.50. The summed E-state index contributed by atoms with van der Waals surface area (Å²) in [5, 5.41) is 11.4. The van der Waals surface area contributed by atoms with Gasteiger partial charge in [0.15, 0.2) is 10.6 Å². The fourth-order valence-electron chi connectivity index (χ4n) is 2.16. The summed E-state index contributed by atoms with van der Waals surface area (Å²) in [6.45, 7) is 1.69. The molecular weight excluding hydrogens is 335 g/mol. The zero-order valence-electron chi connectivity index (χ0n) is 12.1. The van der Waals surface area contributed by atoms with E-state index in [1.54, 1.807) is 23.6 Å². The number of benzene rings is 1. The largest absolute Gasteiger partial charge is 0.322 e. The Labute approximate surface area is 140 Å². The van der Waals surface area contributed by atoms with E-state index < -0.39 is 11.9 Å². The van der Waals surface area contributed by atoms with E-state index in [-0.39, 0.29) is 11.6 Å². The average molecular weight is 348 g/mol. The number of thiophene rings is 1. The highest BCUT2D eigenvalue weighted by atomic mass is 32.1. The number of nitrogens with one attached hydrogen (secondary N) is 2. The minimum absolute atomic E-state index is 0.136. The summed E-state index contributed by atoms with van der Waals surface area (Å²) < 4.78 is 15.6. The number of hydrogen-bond donors (Lipinski definition) is 2. The van der Waals surface area contributed by atoms with Crippen LogP contribution in [0.4, 0.5) is 10.1 Å². The van der Waals surface area contributed by atoms with Gasteiger partial charge >= 0.3 is 0 Å². The van der Waals surface area contributed by atoms with Crippen LogP contribution in [-0.4, -0.2) is 20.7 Å². The first kappa shape index (κ1) is 15.6.